The monoisotopic (exact) mass is 539 g/mol. The van der Waals surface area contributed by atoms with Gasteiger partial charge in [0, 0.05) is 62.3 Å². The molecule has 0 radical (unpaired) electrons. The Bertz CT molecular complexity index is 1510. The van der Waals surface area contributed by atoms with Crippen molar-refractivity contribution in [1.29, 1.82) is 0 Å². The highest BCUT2D eigenvalue weighted by molar-refractivity contribution is 7.90. The number of benzene rings is 2. The van der Waals surface area contributed by atoms with Crippen molar-refractivity contribution in [2.24, 2.45) is 0 Å². The van der Waals surface area contributed by atoms with Gasteiger partial charge in [-0.1, -0.05) is 36.4 Å². The van der Waals surface area contributed by atoms with Gasteiger partial charge >= 0.3 is 0 Å². The summed E-state index contributed by atoms with van der Waals surface area (Å²) in [5, 5.41) is 3.42. The van der Waals surface area contributed by atoms with Gasteiger partial charge in [-0.25, -0.2) is 13.4 Å². The van der Waals surface area contributed by atoms with E-state index in [0.717, 1.165) is 50.1 Å². The molecule has 0 aliphatic carbocycles. The van der Waals surface area contributed by atoms with E-state index in [2.05, 4.69) is 56.4 Å². The number of nitrogens with zero attached hydrogens (tertiary/aromatic N) is 3. The fourth-order valence-electron chi connectivity index (χ4n) is 4.50. The molecule has 5 rings (SSSR count). The number of hydrogen-bond donors (Lipinski definition) is 2. The predicted octanol–water partition coefficient (Wildman–Crippen LogP) is 4.05. The molecule has 1 aliphatic rings. The van der Waals surface area contributed by atoms with E-state index in [1.807, 2.05) is 6.07 Å². The van der Waals surface area contributed by atoms with Crippen molar-refractivity contribution in [1.82, 2.24) is 19.8 Å². The zero-order valence-corrected chi connectivity index (χ0v) is 22.4. The molecule has 1 amide bonds. The molecule has 37 heavy (non-hydrogen) atoms. The number of likely N-dealkylation sites (N-methyl/N-ethyl adjacent to an activating group) is 1. The van der Waals surface area contributed by atoms with E-state index in [4.69, 9.17) is 0 Å². The second kappa shape index (κ2) is 11.0. The fraction of sp³-hybridized carbons (Fsp3) is 0.259. The number of fused-ring (bicyclic) bond motifs is 1. The van der Waals surface area contributed by atoms with Crippen LogP contribution in [0.4, 0.5) is 5.69 Å². The Morgan fingerprint density at radius 3 is 2.43 bits per heavy atom. The number of halogens is 1. The van der Waals surface area contributed by atoms with Crippen LogP contribution in [0.15, 0.2) is 71.9 Å². The number of aromatic nitrogens is 2. The number of amides is 1. The molecular formula is C27H30ClN5O3S. The first-order valence-corrected chi connectivity index (χ1v) is 13.7. The molecule has 2 N–H and O–H groups in total. The molecule has 2 aromatic heterocycles. The van der Waals surface area contributed by atoms with E-state index in [1.165, 1.54) is 11.6 Å². The Morgan fingerprint density at radius 1 is 1.03 bits per heavy atom. The number of carbonyl (C=O) groups is 1. The number of sulfone groups is 1. The highest BCUT2D eigenvalue weighted by Gasteiger charge is 2.19. The molecule has 4 aromatic rings. The molecule has 0 bridgehead atoms. The SMILES string of the molecule is CN1CCN(Cc2ccc(-c3cnc4[nH]cc(C(=O)Nc5ccccc5S(C)(=O)=O)c4c3)cc2)CC1.Cl. The van der Waals surface area contributed by atoms with Crippen LogP contribution in [0.25, 0.3) is 22.2 Å². The van der Waals surface area contributed by atoms with E-state index in [9.17, 15) is 13.2 Å². The minimum Gasteiger partial charge on any atom is -0.345 e. The second-order valence-corrected chi connectivity index (χ2v) is 11.3. The average molecular weight is 540 g/mol. The Hall–Kier alpha value is -3.24. The van der Waals surface area contributed by atoms with E-state index in [-0.39, 0.29) is 23.0 Å². The maximum Gasteiger partial charge on any atom is 0.257 e. The van der Waals surface area contributed by atoms with Crippen LogP contribution in [0.3, 0.4) is 0 Å². The van der Waals surface area contributed by atoms with Crippen LogP contribution in [0.2, 0.25) is 0 Å². The van der Waals surface area contributed by atoms with E-state index in [1.54, 1.807) is 30.6 Å². The standard InChI is InChI=1S/C27H29N5O3S.ClH/c1-31-11-13-32(14-12-31)18-19-7-9-20(10-8-19)21-15-22-23(17-29-26(22)28-16-21)27(33)30-24-5-3-4-6-25(24)36(2,34)35;/h3-10,15-17H,11-14,18H2,1-2H3,(H,28,29)(H,30,33);1H. The Kier molecular flexibility index (Phi) is 7.99. The Labute approximate surface area is 223 Å². The third-order valence-electron chi connectivity index (χ3n) is 6.60. The molecule has 1 fully saturated rings. The Balaban J connectivity index is 0.00000320. The number of H-pyrrole nitrogens is 1. The largest absolute Gasteiger partial charge is 0.345 e. The maximum absolute atomic E-state index is 13.1. The third-order valence-corrected chi connectivity index (χ3v) is 7.75. The normalized spacial score (nSPS) is 14.9. The van der Waals surface area contributed by atoms with Gasteiger partial charge in [-0.15, -0.1) is 12.4 Å². The molecule has 194 valence electrons. The minimum atomic E-state index is -3.49. The molecule has 3 heterocycles. The van der Waals surface area contributed by atoms with Gasteiger partial charge in [0.2, 0.25) is 0 Å². The van der Waals surface area contributed by atoms with Crippen LogP contribution in [0.5, 0.6) is 0 Å². The van der Waals surface area contributed by atoms with Crippen molar-refractivity contribution < 1.29 is 13.2 Å². The summed E-state index contributed by atoms with van der Waals surface area (Å²) < 4.78 is 24.2. The molecule has 1 aliphatic heterocycles. The molecule has 1 saturated heterocycles. The predicted molar refractivity (Wildman–Crippen MR) is 149 cm³/mol. The lowest BCUT2D eigenvalue weighted by Crippen LogP contribution is -2.43. The number of pyridine rings is 1. The molecule has 0 atom stereocenters. The topological polar surface area (TPSA) is 98.4 Å². The molecule has 0 unspecified atom stereocenters. The highest BCUT2D eigenvalue weighted by atomic mass is 35.5. The van der Waals surface area contributed by atoms with Gasteiger partial charge in [0.15, 0.2) is 9.84 Å². The van der Waals surface area contributed by atoms with Crippen LogP contribution in [-0.4, -0.2) is 73.6 Å². The van der Waals surface area contributed by atoms with Crippen molar-refractivity contribution in [2.75, 3.05) is 44.8 Å². The molecule has 0 spiro atoms. The summed E-state index contributed by atoms with van der Waals surface area (Å²) in [5.41, 5.74) is 4.42. The average Bonchev–Trinajstić information content (AvgIpc) is 3.29. The van der Waals surface area contributed by atoms with Crippen molar-refractivity contribution in [2.45, 2.75) is 11.4 Å². The Morgan fingerprint density at radius 2 is 1.73 bits per heavy atom. The minimum absolute atomic E-state index is 0. The van der Waals surface area contributed by atoms with Crippen molar-refractivity contribution in [3.05, 3.63) is 78.1 Å². The number of nitrogens with one attached hydrogen (secondary N) is 2. The number of carbonyl (C=O) groups excluding carboxylic acids is 1. The summed E-state index contributed by atoms with van der Waals surface area (Å²) in [6.45, 7) is 5.27. The fourth-order valence-corrected chi connectivity index (χ4v) is 5.34. The first-order chi connectivity index (χ1) is 17.3. The van der Waals surface area contributed by atoms with Gasteiger partial charge in [0.05, 0.1) is 16.1 Å². The van der Waals surface area contributed by atoms with E-state index in [0.29, 0.717) is 16.6 Å². The van der Waals surface area contributed by atoms with Gasteiger partial charge in [0.1, 0.15) is 5.65 Å². The van der Waals surface area contributed by atoms with Gasteiger partial charge in [-0.3, -0.25) is 9.69 Å². The van der Waals surface area contributed by atoms with Gasteiger partial charge in [-0.2, -0.15) is 0 Å². The van der Waals surface area contributed by atoms with Crippen molar-refractivity contribution in [3.8, 4) is 11.1 Å². The van der Waals surface area contributed by atoms with Gasteiger partial charge in [-0.05, 0) is 36.4 Å². The number of aromatic amines is 1. The summed E-state index contributed by atoms with van der Waals surface area (Å²) in [6, 6.07) is 16.8. The summed E-state index contributed by atoms with van der Waals surface area (Å²) in [6.07, 6.45) is 4.50. The zero-order valence-electron chi connectivity index (χ0n) is 20.8. The molecule has 0 saturated carbocycles. The quantitative estimate of drug-likeness (QED) is 0.383. The van der Waals surface area contributed by atoms with Crippen LogP contribution < -0.4 is 5.32 Å². The van der Waals surface area contributed by atoms with Crippen LogP contribution in [0, 0.1) is 0 Å². The smallest absolute Gasteiger partial charge is 0.257 e. The molecule has 2 aromatic carbocycles. The maximum atomic E-state index is 13.1. The zero-order chi connectivity index (χ0) is 25.3. The number of rotatable bonds is 6. The van der Waals surface area contributed by atoms with Gasteiger partial charge < -0.3 is 15.2 Å². The summed E-state index contributed by atoms with van der Waals surface area (Å²) >= 11 is 0. The number of hydrogen-bond acceptors (Lipinski definition) is 6. The molecule has 8 nitrogen and oxygen atoms in total. The van der Waals surface area contributed by atoms with E-state index >= 15 is 0 Å². The van der Waals surface area contributed by atoms with Crippen LogP contribution in [-0.2, 0) is 16.4 Å². The van der Waals surface area contributed by atoms with Crippen LogP contribution in [0.1, 0.15) is 15.9 Å². The highest BCUT2D eigenvalue weighted by Crippen LogP contribution is 2.27. The number of piperazine rings is 1. The third kappa shape index (κ3) is 6.02. The summed E-state index contributed by atoms with van der Waals surface area (Å²) in [5.74, 6) is -0.404. The molecular weight excluding hydrogens is 510 g/mol. The summed E-state index contributed by atoms with van der Waals surface area (Å²) in [7, 11) is -1.33. The summed E-state index contributed by atoms with van der Waals surface area (Å²) in [4.78, 5) is 25.5. The molecule has 10 heteroatoms. The van der Waals surface area contributed by atoms with Crippen molar-refractivity contribution in [3.63, 3.8) is 0 Å². The van der Waals surface area contributed by atoms with E-state index < -0.39 is 15.7 Å². The first-order valence-electron chi connectivity index (χ1n) is 11.9. The number of anilines is 1. The lowest BCUT2D eigenvalue weighted by molar-refractivity contribution is 0.102. The number of para-hydroxylation sites is 1. The first kappa shape index (κ1) is 26.8. The van der Waals surface area contributed by atoms with Crippen molar-refractivity contribution >= 4 is 44.9 Å². The second-order valence-electron chi connectivity index (χ2n) is 9.32. The van der Waals surface area contributed by atoms with Crippen LogP contribution >= 0.6 is 12.4 Å². The lowest BCUT2D eigenvalue weighted by atomic mass is 10.0. The van der Waals surface area contributed by atoms with Gasteiger partial charge in [0.25, 0.3) is 5.91 Å². The lowest BCUT2D eigenvalue weighted by Gasteiger charge is -2.32.